The zero-order valence-corrected chi connectivity index (χ0v) is 5.86. The van der Waals surface area contributed by atoms with Crippen LogP contribution in [0.15, 0.2) is 18.5 Å². The van der Waals surface area contributed by atoms with Crippen LogP contribution in [0.4, 0.5) is 0 Å². The maximum absolute atomic E-state index is 3.94. The molecule has 0 fully saturated rings. The standard InChI is InChI=1S/C5H4N4S/c10-9-7-4-1-2-6-3-5(4)8-9/h1-3,10H. The molecule has 0 aliphatic rings. The normalized spacial score (nSPS) is 10.5. The molecule has 10 heavy (non-hydrogen) atoms. The third-order valence-corrected chi connectivity index (χ3v) is 1.35. The minimum Gasteiger partial charge on any atom is -0.262 e. The fourth-order valence-electron chi connectivity index (χ4n) is 0.755. The van der Waals surface area contributed by atoms with Crippen LogP contribution in [0, 0.1) is 0 Å². The molecule has 2 aromatic rings. The number of pyridine rings is 1. The summed E-state index contributed by atoms with van der Waals surface area (Å²) in [6.45, 7) is 0. The van der Waals surface area contributed by atoms with Gasteiger partial charge in [-0.05, 0) is 18.9 Å². The van der Waals surface area contributed by atoms with Crippen molar-refractivity contribution in [3.63, 3.8) is 0 Å². The molecular weight excluding hydrogens is 148 g/mol. The first kappa shape index (κ1) is 5.67. The molecule has 0 unspecified atom stereocenters. The first-order valence-electron chi connectivity index (χ1n) is 2.72. The summed E-state index contributed by atoms with van der Waals surface area (Å²) in [5, 5.41) is 7.86. The van der Waals surface area contributed by atoms with E-state index in [2.05, 4.69) is 28.0 Å². The molecule has 0 saturated heterocycles. The van der Waals surface area contributed by atoms with Crippen molar-refractivity contribution < 1.29 is 0 Å². The molecule has 50 valence electrons. The monoisotopic (exact) mass is 152 g/mol. The predicted molar refractivity (Wildman–Crippen MR) is 39.7 cm³/mol. The van der Waals surface area contributed by atoms with Crippen molar-refractivity contribution >= 4 is 23.8 Å². The fraction of sp³-hybridized carbons (Fsp3) is 0. The SMILES string of the molecule is Sn1nc2ccncc2n1. The Bertz CT molecular complexity index is 322. The molecule has 2 aromatic heterocycles. The molecule has 0 bridgehead atoms. The summed E-state index contributed by atoms with van der Waals surface area (Å²) < 4.78 is 1.23. The molecule has 0 saturated carbocycles. The van der Waals surface area contributed by atoms with Crippen molar-refractivity contribution in [2.45, 2.75) is 0 Å². The van der Waals surface area contributed by atoms with Gasteiger partial charge >= 0.3 is 0 Å². The van der Waals surface area contributed by atoms with E-state index in [0.717, 1.165) is 11.0 Å². The highest BCUT2D eigenvalue weighted by atomic mass is 32.1. The lowest BCUT2D eigenvalue weighted by atomic mass is 10.4. The van der Waals surface area contributed by atoms with E-state index in [4.69, 9.17) is 0 Å². The third-order valence-electron chi connectivity index (χ3n) is 1.17. The van der Waals surface area contributed by atoms with Gasteiger partial charge in [0.15, 0.2) is 0 Å². The number of fused-ring (bicyclic) bond motifs is 1. The number of aromatic nitrogens is 4. The van der Waals surface area contributed by atoms with Gasteiger partial charge in [-0.1, -0.05) is 0 Å². The Hall–Kier alpha value is -1.10. The second-order valence-electron chi connectivity index (χ2n) is 1.83. The Morgan fingerprint density at radius 3 is 2.90 bits per heavy atom. The predicted octanol–water partition coefficient (Wildman–Crippen LogP) is 0.519. The van der Waals surface area contributed by atoms with Crippen LogP contribution < -0.4 is 0 Å². The maximum atomic E-state index is 3.94. The van der Waals surface area contributed by atoms with Crippen LogP contribution in [-0.4, -0.2) is 19.4 Å². The molecule has 2 rings (SSSR count). The summed E-state index contributed by atoms with van der Waals surface area (Å²) in [6.07, 6.45) is 3.32. The molecule has 2 heterocycles. The number of hydrogen-bond acceptors (Lipinski definition) is 4. The van der Waals surface area contributed by atoms with E-state index in [0.29, 0.717) is 0 Å². The number of nitrogens with zero attached hydrogens (tertiary/aromatic N) is 4. The van der Waals surface area contributed by atoms with Gasteiger partial charge in [0.1, 0.15) is 11.0 Å². The van der Waals surface area contributed by atoms with Gasteiger partial charge in [0.25, 0.3) is 0 Å². The Morgan fingerprint density at radius 1 is 1.30 bits per heavy atom. The van der Waals surface area contributed by atoms with Crippen molar-refractivity contribution in [2.75, 3.05) is 0 Å². The minimum absolute atomic E-state index is 0.762. The zero-order valence-electron chi connectivity index (χ0n) is 4.97. The van der Waals surface area contributed by atoms with Gasteiger partial charge in [-0.3, -0.25) is 4.98 Å². The van der Waals surface area contributed by atoms with Crippen molar-refractivity contribution in [3.8, 4) is 0 Å². The summed E-state index contributed by atoms with van der Waals surface area (Å²) >= 11 is 3.91. The van der Waals surface area contributed by atoms with E-state index in [9.17, 15) is 0 Å². The summed E-state index contributed by atoms with van der Waals surface area (Å²) in [5.74, 6) is 0. The molecule has 0 aliphatic heterocycles. The third kappa shape index (κ3) is 0.750. The average Bonchev–Trinajstić information content (AvgIpc) is 2.27. The maximum Gasteiger partial charge on any atom is 0.132 e. The summed E-state index contributed by atoms with van der Waals surface area (Å²) in [7, 11) is 0. The van der Waals surface area contributed by atoms with Gasteiger partial charge in [0.05, 0.1) is 6.20 Å². The van der Waals surface area contributed by atoms with Crippen LogP contribution >= 0.6 is 12.8 Å². The van der Waals surface area contributed by atoms with Crippen LogP contribution in [0.25, 0.3) is 11.0 Å². The van der Waals surface area contributed by atoms with Crippen LogP contribution in [-0.2, 0) is 0 Å². The second kappa shape index (κ2) is 1.95. The van der Waals surface area contributed by atoms with Gasteiger partial charge in [0, 0.05) is 6.20 Å². The van der Waals surface area contributed by atoms with Crippen LogP contribution in [0.1, 0.15) is 0 Å². The van der Waals surface area contributed by atoms with E-state index in [-0.39, 0.29) is 0 Å². The first-order valence-corrected chi connectivity index (χ1v) is 3.12. The van der Waals surface area contributed by atoms with Crippen LogP contribution in [0.3, 0.4) is 0 Å². The lowest BCUT2D eigenvalue weighted by Gasteiger charge is -1.77. The van der Waals surface area contributed by atoms with Gasteiger partial charge in [-0.2, -0.15) is 0 Å². The van der Waals surface area contributed by atoms with E-state index in [1.54, 1.807) is 18.5 Å². The summed E-state index contributed by atoms with van der Waals surface area (Å²) in [4.78, 5) is 3.88. The highest BCUT2D eigenvalue weighted by Crippen LogP contribution is 2.04. The van der Waals surface area contributed by atoms with Gasteiger partial charge in [-0.25, -0.2) is 0 Å². The smallest absolute Gasteiger partial charge is 0.132 e. The molecular formula is C5H4N4S. The first-order chi connectivity index (χ1) is 4.86. The summed E-state index contributed by atoms with van der Waals surface area (Å²) in [5.41, 5.74) is 1.57. The molecule has 5 heteroatoms. The van der Waals surface area contributed by atoms with Crippen molar-refractivity contribution in [1.29, 1.82) is 0 Å². The highest BCUT2D eigenvalue weighted by Gasteiger charge is 1.96. The Labute approximate surface area is 62.4 Å². The number of thiol groups is 1. The van der Waals surface area contributed by atoms with Crippen LogP contribution in [0.5, 0.6) is 0 Å². The van der Waals surface area contributed by atoms with Crippen molar-refractivity contribution in [2.24, 2.45) is 0 Å². The Morgan fingerprint density at radius 2 is 2.10 bits per heavy atom. The molecule has 0 atom stereocenters. The lowest BCUT2D eigenvalue weighted by molar-refractivity contribution is 0.889. The van der Waals surface area contributed by atoms with E-state index < -0.39 is 0 Å². The highest BCUT2D eigenvalue weighted by molar-refractivity contribution is 7.78. The van der Waals surface area contributed by atoms with E-state index >= 15 is 0 Å². The molecule has 0 aliphatic carbocycles. The van der Waals surface area contributed by atoms with E-state index in [1.165, 1.54) is 4.20 Å². The van der Waals surface area contributed by atoms with Crippen molar-refractivity contribution in [1.82, 2.24) is 19.4 Å². The molecule has 0 aromatic carbocycles. The Kier molecular flexibility index (Phi) is 1.10. The summed E-state index contributed by atoms with van der Waals surface area (Å²) in [6, 6.07) is 1.79. The van der Waals surface area contributed by atoms with Gasteiger partial charge in [0.2, 0.25) is 0 Å². The molecule has 0 radical (unpaired) electrons. The largest absolute Gasteiger partial charge is 0.262 e. The topological polar surface area (TPSA) is 43.6 Å². The van der Waals surface area contributed by atoms with Crippen molar-refractivity contribution in [3.05, 3.63) is 18.5 Å². The number of hydrogen-bond donors (Lipinski definition) is 1. The number of rotatable bonds is 0. The lowest BCUT2D eigenvalue weighted by Crippen LogP contribution is -1.81. The zero-order chi connectivity index (χ0) is 6.97. The second-order valence-corrected chi connectivity index (χ2v) is 2.19. The van der Waals surface area contributed by atoms with Crippen LogP contribution in [0.2, 0.25) is 0 Å². The average molecular weight is 152 g/mol. The molecule has 4 nitrogen and oxygen atoms in total. The minimum atomic E-state index is 0.762. The Balaban J connectivity index is 2.88. The fourth-order valence-corrected chi connectivity index (χ4v) is 0.948. The molecule has 0 N–H and O–H groups in total. The molecule has 0 amide bonds. The molecule has 0 spiro atoms. The van der Waals surface area contributed by atoms with E-state index in [1.807, 2.05) is 0 Å². The van der Waals surface area contributed by atoms with Gasteiger partial charge < -0.3 is 0 Å². The van der Waals surface area contributed by atoms with Gasteiger partial charge in [-0.15, -0.1) is 14.4 Å². The quantitative estimate of drug-likeness (QED) is 0.560.